The maximum absolute atomic E-state index is 11.5. The van der Waals surface area contributed by atoms with Gasteiger partial charge in [-0.1, -0.05) is 53.7 Å². The highest BCUT2D eigenvalue weighted by Crippen LogP contribution is 2.48. The smallest absolute Gasteiger partial charge is 0.314 e. The average molecular weight is 363 g/mol. The number of aryl methyl sites for hydroxylation is 1. The molecule has 5 nitrogen and oxygen atoms in total. The van der Waals surface area contributed by atoms with Crippen LogP contribution in [0.15, 0.2) is 53.1 Å². The van der Waals surface area contributed by atoms with Crippen LogP contribution in [-0.2, 0) is 16.6 Å². The molecule has 1 fully saturated rings. The fourth-order valence-electron chi connectivity index (χ4n) is 3.57. The molecule has 1 aromatic heterocycles. The predicted molar refractivity (Wildman–Crippen MR) is 101 cm³/mol. The van der Waals surface area contributed by atoms with Gasteiger partial charge in [-0.3, -0.25) is 4.79 Å². The number of aliphatic hydroxyl groups excluding tert-OH is 1. The van der Waals surface area contributed by atoms with Crippen molar-refractivity contribution in [2.24, 2.45) is 0 Å². The first kappa shape index (κ1) is 17.5. The lowest BCUT2D eigenvalue weighted by Crippen LogP contribution is -2.19. The second-order valence-corrected chi connectivity index (χ2v) is 7.09. The van der Waals surface area contributed by atoms with E-state index in [4.69, 9.17) is 4.52 Å². The van der Waals surface area contributed by atoms with Crippen molar-refractivity contribution in [1.82, 2.24) is 5.16 Å². The Kier molecular flexibility index (Phi) is 4.32. The van der Waals surface area contributed by atoms with Crippen LogP contribution in [0.1, 0.15) is 29.7 Å². The summed E-state index contributed by atoms with van der Waals surface area (Å²) < 4.78 is 5.45. The molecule has 0 bridgehead atoms. The van der Waals surface area contributed by atoms with E-state index < -0.39 is 11.4 Å². The summed E-state index contributed by atoms with van der Waals surface area (Å²) in [7, 11) is 0. The molecule has 3 aromatic rings. The third-order valence-electron chi connectivity index (χ3n) is 5.42. The average Bonchev–Trinajstić information content (AvgIpc) is 3.43. The van der Waals surface area contributed by atoms with Gasteiger partial charge in [-0.25, -0.2) is 0 Å². The lowest BCUT2D eigenvalue weighted by atomic mass is 9.93. The molecule has 0 radical (unpaired) electrons. The summed E-state index contributed by atoms with van der Waals surface area (Å²) in [5.74, 6) is -0.0405. The first-order valence-corrected chi connectivity index (χ1v) is 9.06. The summed E-state index contributed by atoms with van der Waals surface area (Å²) in [4.78, 5) is 11.5. The molecule has 27 heavy (non-hydrogen) atoms. The van der Waals surface area contributed by atoms with Crippen LogP contribution < -0.4 is 0 Å². The Labute approximate surface area is 157 Å². The number of carboxylic acids is 1. The Morgan fingerprint density at radius 2 is 1.59 bits per heavy atom. The van der Waals surface area contributed by atoms with E-state index >= 15 is 0 Å². The number of nitrogens with zero attached hydrogens (tertiary/aromatic N) is 1. The number of aliphatic hydroxyl groups is 1. The first-order valence-electron chi connectivity index (χ1n) is 9.06. The van der Waals surface area contributed by atoms with Gasteiger partial charge >= 0.3 is 5.97 Å². The van der Waals surface area contributed by atoms with E-state index in [-0.39, 0.29) is 6.61 Å². The van der Waals surface area contributed by atoms with Gasteiger partial charge in [-0.2, -0.15) is 0 Å². The molecule has 0 saturated heterocycles. The van der Waals surface area contributed by atoms with Crippen molar-refractivity contribution in [2.75, 3.05) is 6.61 Å². The van der Waals surface area contributed by atoms with Crippen molar-refractivity contribution in [3.63, 3.8) is 0 Å². The molecule has 0 atom stereocenters. The van der Waals surface area contributed by atoms with Gasteiger partial charge in [0.05, 0.1) is 11.1 Å². The molecular formula is C22H21NO4. The van der Waals surface area contributed by atoms with Crippen LogP contribution in [-0.4, -0.2) is 27.9 Å². The van der Waals surface area contributed by atoms with Crippen LogP contribution in [0.4, 0.5) is 0 Å². The van der Waals surface area contributed by atoms with Crippen molar-refractivity contribution in [2.45, 2.75) is 31.6 Å². The van der Waals surface area contributed by atoms with E-state index in [1.54, 1.807) is 0 Å². The highest BCUT2D eigenvalue weighted by atomic mass is 16.5. The zero-order chi connectivity index (χ0) is 19.0. The van der Waals surface area contributed by atoms with Crippen molar-refractivity contribution in [3.8, 4) is 22.5 Å². The zero-order valence-corrected chi connectivity index (χ0v) is 15.1. The lowest BCUT2D eigenvalue weighted by Gasteiger charge is -2.11. The van der Waals surface area contributed by atoms with Crippen LogP contribution in [0, 0.1) is 6.92 Å². The third-order valence-corrected chi connectivity index (χ3v) is 5.42. The molecule has 1 aliphatic carbocycles. The normalized spacial score (nSPS) is 14.9. The minimum Gasteiger partial charge on any atom is -0.481 e. The predicted octanol–water partition coefficient (Wildman–Crippen LogP) is 3.97. The molecule has 2 N–H and O–H groups in total. The molecule has 0 spiro atoms. The van der Waals surface area contributed by atoms with Gasteiger partial charge < -0.3 is 14.7 Å². The first-order chi connectivity index (χ1) is 13.0. The molecule has 1 heterocycles. The third kappa shape index (κ3) is 3.04. The highest BCUT2D eigenvalue weighted by molar-refractivity contribution is 5.85. The Balaban J connectivity index is 1.59. The minimum atomic E-state index is -0.736. The number of hydrogen-bond donors (Lipinski definition) is 2. The number of carboxylic acid groups (broad SMARTS) is 1. The van der Waals surface area contributed by atoms with E-state index in [2.05, 4.69) is 5.16 Å². The van der Waals surface area contributed by atoms with E-state index in [9.17, 15) is 15.0 Å². The molecule has 4 rings (SSSR count). The Morgan fingerprint density at radius 1 is 1.04 bits per heavy atom. The SMILES string of the molecule is Cc1noc(-c2ccc(-c3ccc(C4(C(=O)O)CC4)cc3)cc2)c1CCO. The molecule has 138 valence electrons. The summed E-state index contributed by atoms with van der Waals surface area (Å²) in [6, 6.07) is 15.8. The van der Waals surface area contributed by atoms with Gasteiger partial charge in [0.25, 0.3) is 0 Å². The van der Waals surface area contributed by atoms with Gasteiger partial charge in [0.2, 0.25) is 0 Å². The molecule has 5 heteroatoms. The topological polar surface area (TPSA) is 83.6 Å². The molecular weight excluding hydrogens is 342 g/mol. The number of aliphatic carboxylic acids is 1. The van der Waals surface area contributed by atoms with Crippen LogP contribution in [0.3, 0.4) is 0 Å². The van der Waals surface area contributed by atoms with E-state index in [1.165, 1.54) is 0 Å². The highest BCUT2D eigenvalue weighted by Gasteiger charge is 2.51. The van der Waals surface area contributed by atoms with Gasteiger partial charge in [-0.15, -0.1) is 0 Å². The molecule has 0 amide bonds. The number of aromatic nitrogens is 1. The van der Waals surface area contributed by atoms with E-state index in [1.807, 2.05) is 55.5 Å². The van der Waals surface area contributed by atoms with Crippen LogP contribution in [0.2, 0.25) is 0 Å². The van der Waals surface area contributed by atoms with Crippen molar-refractivity contribution >= 4 is 5.97 Å². The quantitative estimate of drug-likeness (QED) is 0.692. The largest absolute Gasteiger partial charge is 0.481 e. The Bertz CT molecular complexity index is 967. The van der Waals surface area contributed by atoms with Crippen LogP contribution in [0.5, 0.6) is 0 Å². The minimum absolute atomic E-state index is 0.0529. The summed E-state index contributed by atoms with van der Waals surface area (Å²) in [5.41, 5.74) is 4.93. The Hall–Kier alpha value is -2.92. The number of rotatable bonds is 6. The van der Waals surface area contributed by atoms with Crippen molar-refractivity contribution in [3.05, 3.63) is 65.4 Å². The molecule has 0 aliphatic heterocycles. The standard InChI is InChI=1S/C22H21NO4/c1-14-19(10-13-24)20(27-23-14)17-4-2-15(3-5-17)16-6-8-18(9-7-16)22(11-12-22)21(25)26/h2-9,24H,10-13H2,1H3,(H,25,26). The molecule has 1 saturated carbocycles. The summed E-state index contributed by atoms with van der Waals surface area (Å²) in [6.07, 6.45) is 1.94. The lowest BCUT2D eigenvalue weighted by molar-refractivity contribution is -0.140. The summed E-state index contributed by atoms with van der Waals surface area (Å²) in [5, 5.41) is 22.7. The van der Waals surface area contributed by atoms with Gasteiger partial charge in [0, 0.05) is 24.2 Å². The second kappa shape index (κ2) is 6.67. The van der Waals surface area contributed by atoms with Gasteiger partial charge in [-0.05, 0) is 36.5 Å². The van der Waals surface area contributed by atoms with Gasteiger partial charge in [0.15, 0.2) is 5.76 Å². The fraction of sp³-hybridized carbons (Fsp3) is 0.273. The number of carbonyl (C=O) groups is 1. The second-order valence-electron chi connectivity index (χ2n) is 7.09. The fourth-order valence-corrected chi connectivity index (χ4v) is 3.57. The maximum Gasteiger partial charge on any atom is 0.314 e. The monoisotopic (exact) mass is 363 g/mol. The maximum atomic E-state index is 11.5. The Morgan fingerprint density at radius 3 is 2.11 bits per heavy atom. The number of hydrogen-bond acceptors (Lipinski definition) is 4. The summed E-state index contributed by atoms with van der Waals surface area (Å²) in [6.45, 7) is 1.93. The molecule has 2 aromatic carbocycles. The van der Waals surface area contributed by atoms with Crippen LogP contribution in [0.25, 0.3) is 22.5 Å². The molecule has 1 aliphatic rings. The van der Waals surface area contributed by atoms with Crippen molar-refractivity contribution in [1.29, 1.82) is 0 Å². The van der Waals surface area contributed by atoms with E-state index in [0.29, 0.717) is 25.0 Å². The van der Waals surface area contributed by atoms with Crippen LogP contribution >= 0.6 is 0 Å². The summed E-state index contributed by atoms with van der Waals surface area (Å²) >= 11 is 0. The zero-order valence-electron chi connectivity index (χ0n) is 15.1. The number of benzene rings is 2. The van der Waals surface area contributed by atoms with E-state index in [0.717, 1.165) is 33.5 Å². The van der Waals surface area contributed by atoms with Gasteiger partial charge in [0.1, 0.15) is 0 Å². The molecule has 0 unspecified atom stereocenters. The van der Waals surface area contributed by atoms with Crippen molar-refractivity contribution < 1.29 is 19.5 Å².